The lowest BCUT2D eigenvalue weighted by Crippen LogP contribution is -1.89. The van der Waals surface area contributed by atoms with Gasteiger partial charge in [-0.1, -0.05) is 43.6 Å². The van der Waals surface area contributed by atoms with Crippen LogP contribution < -0.4 is 0 Å². The summed E-state index contributed by atoms with van der Waals surface area (Å²) in [5, 5.41) is 6.91. The van der Waals surface area contributed by atoms with E-state index in [1.807, 2.05) is 6.08 Å². The predicted octanol–water partition coefficient (Wildman–Crippen LogP) is 4.79. The van der Waals surface area contributed by atoms with E-state index in [1.165, 1.54) is 69.6 Å². The first-order valence-electron chi connectivity index (χ1n) is 6.60. The number of hydrogen-bond donors (Lipinski definition) is 1. The highest BCUT2D eigenvalue weighted by Gasteiger charge is 2.01. The topological polar surface area (TPSA) is 23.9 Å². The van der Waals surface area contributed by atoms with Crippen molar-refractivity contribution in [2.45, 2.75) is 64.2 Å². The molecule has 0 aromatic heterocycles. The Labute approximate surface area is 99.5 Å². The fraction of sp³-hybridized carbons (Fsp3) is 0.667. The molecular formula is C15H23N. The first kappa shape index (κ1) is 13.0. The van der Waals surface area contributed by atoms with Gasteiger partial charge in [-0.15, -0.1) is 0 Å². The van der Waals surface area contributed by atoms with Gasteiger partial charge in [0.25, 0.3) is 0 Å². The third-order valence-electron chi connectivity index (χ3n) is 3.04. The van der Waals surface area contributed by atoms with Crippen LogP contribution in [0.4, 0.5) is 0 Å². The molecule has 1 heteroatoms. The highest BCUT2D eigenvalue weighted by Crippen LogP contribution is 2.19. The summed E-state index contributed by atoms with van der Waals surface area (Å²) in [6.45, 7) is 0. The molecule has 88 valence electrons. The molecule has 0 aliphatic heterocycles. The maximum atomic E-state index is 6.91. The second-order valence-electron chi connectivity index (χ2n) is 4.49. The van der Waals surface area contributed by atoms with E-state index in [0.29, 0.717) is 6.42 Å². The molecule has 0 saturated heterocycles. The zero-order chi connectivity index (χ0) is 11.5. The van der Waals surface area contributed by atoms with Crippen LogP contribution in [0.25, 0.3) is 0 Å². The average molecular weight is 217 g/mol. The lowest BCUT2D eigenvalue weighted by atomic mass is 9.98. The Morgan fingerprint density at radius 1 is 0.938 bits per heavy atom. The highest BCUT2D eigenvalue weighted by atomic mass is 14.3. The molecule has 1 fully saturated rings. The first-order valence-corrected chi connectivity index (χ1v) is 6.60. The minimum absolute atomic E-state index is 0.681. The third kappa shape index (κ3) is 6.45. The molecule has 0 bridgehead atoms. The van der Waals surface area contributed by atoms with E-state index in [2.05, 4.69) is 11.5 Å². The summed E-state index contributed by atoms with van der Waals surface area (Å²) in [7, 11) is 0. The van der Waals surface area contributed by atoms with Gasteiger partial charge in [0, 0.05) is 6.42 Å². The van der Waals surface area contributed by atoms with Crippen LogP contribution in [0.5, 0.6) is 0 Å². The fourth-order valence-corrected chi connectivity index (χ4v) is 2.08. The molecule has 0 atom stereocenters. The fourth-order valence-electron chi connectivity index (χ4n) is 2.08. The van der Waals surface area contributed by atoms with Crippen LogP contribution in [-0.2, 0) is 0 Å². The van der Waals surface area contributed by atoms with E-state index in [4.69, 9.17) is 5.41 Å². The van der Waals surface area contributed by atoms with Gasteiger partial charge in [0.2, 0.25) is 0 Å². The Morgan fingerprint density at radius 2 is 1.50 bits per heavy atom. The zero-order valence-corrected chi connectivity index (χ0v) is 10.2. The molecule has 1 N–H and O–H groups in total. The highest BCUT2D eigenvalue weighted by molar-refractivity contribution is 5.55. The summed E-state index contributed by atoms with van der Waals surface area (Å²) >= 11 is 0. The molecule has 0 heterocycles. The third-order valence-corrected chi connectivity index (χ3v) is 3.04. The number of hydrogen-bond acceptors (Lipinski definition) is 1. The summed E-state index contributed by atoms with van der Waals surface area (Å²) in [5.74, 6) is 0. The second-order valence-corrected chi connectivity index (χ2v) is 4.49. The zero-order valence-electron chi connectivity index (χ0n) is 10.2. The average Bonchev–Trinajstić information content (AvgIpc) is 2.32. The quantitative estimate of drug-likeness (QED) is 0.508. The number of nitrogens with one attached hydrogen (secondary N) is 1. The SMILES string of the molecule is N=CCC=C=C=C1CCCCCCCCC1. The minimum Gasteiger partial charge on any atom is -0.313 e. The summed E-state index contributed by atoms with van der Waals surface area (Å²) in [6.07, 6.45) is 16.0. The van der Waals surface area contributed by atoms with Crippen molar-refractivity contribution in [1.82, 2.24) is 0 Å². The Morgan fingerprint density at radius 3 is 2.06 bits per heavy atom. The van der Waals surface area contributed by atoms with Crippen molar-refractivity contribution < 1.29 is 0 Å². The van der Waals surface area contributed by atoms with Crippen molar-refractivity contribution >= 4 is 6.21 Å². The van der Waals surface area contributed by atoms with Crippen molar-refractivity contribution in [3.63, 3.8) is 0 Å². The van der Waals surface area contributed by atoms with Crippen LogP contribution in [0.1, 0.15) is 64.2 Å². The lowest BCUT2D eigenvalue weighted by molar-refractivity contribution is 0.551. The molecule has 0 radical (unpaired) electrons. The van der Waals surface area contributed by atoms with E-state index >= 15 is 0 Å². The van der Waals surface area contributed by atoms with Gasteiger partial charge in [-0.05, 0) is 43.5 Å². The van der Waals surface area contributed by atoms with Gasteiger partial charge >= 0.3 is 0 Å². The molecule has 1 aliphatic rings. The van der Waals surface area contributed by atoms with E-state index in [9.17, 15) is 0 Å². The Kier molecular flexibility index (Phi) is 7.51. The van der Waals surface area contributed by atoms with Gasteiger partial charge < -0.3 is 5.41 Å². The maximum absolute atomic E-state index is 6.91. The van der Waals surface area contributed by atoms with Crippen LogP contribution in [0, 0.1) is 5.41 Å². The summed E-state index contributed by atoms with van der Waals surface area (Å²) in [6, 6.07) is 0. The van der Waals surface area contributed by atoms with Crippen molar-refractivity contribution in [2.75, 3.05) is 0 Å². The van der Waals surface area contributed by atoms with E-state index in [0.717, 1.165) is 0 Å². The Bertz CT molecular complexity index is 277. The molecule has 1 saturated carbocycles. The van der Waals surface area contributed by atoms with Crippen molar-refractivity contribution in [3.8, 4) is 0 Å². The van der Waals surface area contributed by atoms with Gasteiger partial charge in [-0.3, -0.25) is 0 Å². The summed E-state index contributed by atoms with van der Waals surface area (Å²) < 4.78 is 0. The van der Waals surface area contributed by atoms with Gasteiger partial charge in [0.15, 0.2) is 0 Å². The van der Waals surface area contributed by atoms with E-state index < -0.39 is 0 Å². The maximum Gasteiger partial charge on any atom is 0.00824 e. The molecule has 0 spiro atoms. The first-order chi connectivity index (χ1) is 7.93. The van der Waals surface area contributed by atoms with Gasteiger partial charge in [0.1, 0.15) is 0 Å². The predicted molar refractivity (Wildman–Crippen MR) is 70.1 cm³/mol. The molecule has 0 amide bonds. The molecule has 1 rings (SSSR count). The van der Waals surface area contributed by atoms with E-state index in [1.54, 1.807) is 0 Å². The van der Waals surface area contributed by atoms with Gasteiger partial charge in [-0.2, -0.15) is 0 Å². The molecule has 0 aromatic carbocycles. The standard InChI is InChI=1S/C15H23N/c16-14-10-6-9-13-15-11-7-4-2-1-3-5-8-12-15/h6,14,16H,1-5,7-8,10-12H2. The smallest absolute Gasteiger partial charge is 0.00824 e. The van der Waals surface area contributed by atoms with Crippen LogP contribution in [0.2, 0.25) is 0 Å². The van der Waals surface area contributed by atoms with E-state index in [-0.39, 0.29) is 0 Å². The number of allylic oxidation sites excluding steroid dienone is 2. The van der Waals surface area contributed by atoms with Crippen LogP contribution in [0.3, 0.4) is 0 Å². The molecular weight excluding hydrogens is 194 g/mol. The molecule has 0 aromatic rings. The van der Waals surface area contributed by atoms with Crippen LogP contribution >= 0.6 is 0 Å². The molecule has 0 unspecified atom stereocenters. The van der Waals surface area contributed by atoms with Crippen molar-refractivity contribution in [2.24, 2.45) is 0 Å². The summed E-state index contributed by atoms with van der Waals surface area (Å²) in [5.41, 5.74) is 7.79. The lowest BCUT2D eigenvalue weighted by Gasteiger charge is -2.08. The summed E-state index contributed by atoms with van der Waals surface area (Å²) in [4.78, 5) is 0. The van der Waals surface area contributed by atoms with Crippen molar-refractivity contribution in [1.29, 1.82) is 5.41 Å². The van der Waals surface area contributed by atoms with Gasteiger partial charge in [-0.25, -0.2) is 0 Å². The van der Waals surface area contributed by atoms with Crippen LogP contribution in [-0.4, -0.2) is 6.21 Å². The minimum atomic E-state index is 0.681. The normalized spacial score (nSPS) is 18.1. The number of rotatable bonds is 2. The monoisotopic (exact) mass is 217 g/mol. The Balaban J connectivity index is 2.52. The Hall–Kier alpha value is -1.03. The largest absolute Gasteiger partial charge is 0.313 e. The van der Waals surface area contributed by atoms with Crippen LogP contribution in [0.15, 0.2) is 23.1 Å². The molecule has 16 heavy (non-hydrogen) atoms. The molecule has 1 nitrogen and oxygen atoms in total. The molecule has 1 aliphatic carbocycles. The van der Waals surface area contributed by atoms with Gasteiger partial charge in [0.05, 0.1) is 0 Å². The second kappa shape index (κ2) is 9.21. The van der Waals surface area contributed by atoms with Crippen molar-refractivity contribution in [3.05, 3.63) is 23.1 Å².